The summed E-state index contributed by atoms with van der Waals surface area (Å²) in [6, 6.07) is 1.76. The Morgan fingerprint density at radius 2 is 1.81 bits per heavy atom. The van der Waals surface area contributed by atoms with Crippen molar-refractivity contribution < 1.29 is 19.4 Å². The van der Waals surface area contributed by atoms with Crippen LogP contribution >= 0.6 is 15.9 Å². The lowest BCUT2D eigenvalue weighted by Gasteiger charge is -2.16. The second kappa shape index (κ2) is 5.93. The van der Waals surface area contributed by atoms with Crippen LogP contribution in [0.1, 0.15) is 5.56 Å². The third-order valence-electron chi connectivity index (χ3n) is 2.13. The first-order chi connectivity index (χ1) is 7.69. The molecule has 5 nitrogen and oxygen atoms in total. The molecule has 2 N–H and O–H groups in total. The molecule has 0 amide bonds. The van der Waals surface area contributed by atoms with E-state index in [0.717, 1.165) is 10.0 Å². The molecule has 1 rings (SSSR count). The summed E-state index contributed by atoms with van der Waals surface area (Å²) in [5.41, 5.74) is 2.83. The van der Waals surface area contributed by atoms with E-state index in [9.17, 15) is 0 Å². The first-order valence-corrected chi connectivity index (χ1v) is 5.33. The van der Waals surface area contributed by atoms with Gasteiger partial charge < -0.3 is 19.4 Å². The van der Waals surface area contributed by atoms with Crippen molar-refractivity contribution in [1.82, 2.24) is 5.48 Å². The number of nitrogens with one attached hydrogen (secondary N) is 1. The van der Waals surface area contributed by atoms with Gasteiger partial charge in [0.05, 0.1) is 27.9 Å². The Morgan fingerprint density at radius 1 is 1.19 bits per heavy atom. The molecule has 0 saturated carbocycles. The molecule has 0 saturated heterocycles. The van der Waals surface area contributed by atoms with E-state index in [2.05, 4.69) is 21.4 Å². The second-order valence-corrected chi connectivity index (χ2v) is 3.79. The van der Waals surface area contributed by atoms with Crippen LogP contribution in [-0.4, -0.2) is 26.5 Å². The minimum atomic E-state index is 0.240. The van der Waals surface area contributed by atoms with Crippen LogP contribution in [0.25, 0.3) is 0 Å². The predicted octanol–water partition coefficient (Wildman–Crippen LogP) is 1.95. The summed E-state index contributed by atoms with van der Waals surface area (Å²) >= 11 is 3.38. The van der Waals surface area contributed by atoms with E-state index in [1.165, 1.54) is 14.2 Å². The minimum absolute atomic E-state index is 0.240. The van der Waals surface area contributed by atoms with Crippen molar-refractivity contribution in [2.75, 3.05) is 21.3 Å². The molecular formula is C10H14BrNO4. The maximum atomic E-state index is 8.76. The van der Waals surface area contributed by atoms with Crippen LogP contribution in [0.4, 0.5) is 0 Å². The van der Waals surface area contributed by atoms with Crippen LogP contribution in [0, 0.1) is 0 Å². The fourth-order valence-corrected chi connectivity index (χ4v) is 1.96. The van der Waals surface area contributed by atoms with E-state index in [4.69, 9.17) is 19.4 Å². The van der Waals surface area contributed by atoms with Gasteiger partial charge in [-0.3, -0.25) is 0 Å². The normalized spacial score (nSPS) is 10.1. The van der Waals surface area contributed by atoms with Crippen LogP contribution < -0.4 is 19.7 Å². The molecule has 0 aliphatic heterocycles. The number of hydrogen-bond acceptors (Lipinski definition) is 5. The van der Waals surface area contributed by atoms with Gasteiger partial charge in [0.15, 0.2) is 11.5 Å². The van der Waals surface area contributed by atoms with Crippen LogP contribution in [0.5, 0.6) is 17.2 Å². The van der Waals surface area contributed by atoms with Crippen molar-refractivity contribution in [3.05, 3.63) is 16.1 Å². The van der Waals surface area contributed by atoms with Gasteiger partial charge in [-0.2, -0.15) is 0 Å². The molecule has 0 bridgehead atoms. The number of rotatable bonds is 5. The number of methoxy groups -OCH3 is 3. The molecule has 1 aromatic rings. The SMILES string of the molecule is COc1cc(Br)c(CNO)c(OC)c1OC. The zero-order valence-corrected chi connectivity index (χ0v) is 10.9. The Labute approximate surface area is 102 Å². The smallest absolute Gasteiger partial charge is 0.203 e. The zero-order chi connectivity index (χ0) is 12.1. The molecule has 0 spiro atoms. The van der Waals surface area contributed by atoms with Gasteiger partial charge in [-0.1, -0.05) is 15.9 Å². The van der Waals surface area contributed by atoms with E-state index >= 15 is 0 Å². The van der Waals surface area contributed by atoms with Gasteiger partial charge in [-0.25, -0.2) is 5.48 Å². The summed E-state index contributed by atoms with van der Waals surface area (Å²) in [6.07, 6.45) is 0. The lowest BCUT2D eigenvalue weighted by atomic mass is 10.1. The average molecular weight is 292 g/mol. The summed E-state index contributed by atoms with van der Waals surface area (Å²) in [6.45, 7) is 0.240. The third kappa shape index (κ3) is 2.40. The largest absolute Gasteiger partial charge is 0.493 e. The Hall–Kier alpha value is -0.980. The lowest BCUT2D eigenvalue weighted by Crippen LogP contribution is -2.09. The topological polar surface area (TPSA) is 60.0 Å². The first kappa shape index (κ1) is 13.1. The fraction of sp³-hybridized carbons (Fsp3) is 0.400. The molecule has 1 aromatic carbocycles. The number of hydroxylamine groups is 1. The standard InChI is InChI=1S/C10H14BrNO4/c1-14-8-4-7(11)6(5-12-13)9(15-2)10(8)16-3/h4,12-13H,5H2,1-3H3. The van der Waals surface area contributed by atoms with Gasteiger partial charge in [-0.05, 0) is 6.07 Å². The Morgan fingerprint density at radius 3 is 2.25 bits per heavy atom. The molecule has 0 aromatic heterocycles. The predicted molar refractivity (Wildman–Crippen MR) is 62.4 cm³/mol. The Bertz CT molecular complexity index is 370. The van der Waals surface area contributed by atoms with E-state index in [0.29, 0.717) is 17.2 Å². The minimum Gasteiger partial charge on any atom is -0.493 e. The molecule has 0 radical (unpaired) electrons. The van der Waals surface area contributed by atoms with Crippen molar-refractivity contribution in [1.29, 1.82) is 0 Å². The summed E-state index contributed by atoms with van der Waals surface area (Å²) < 4.78 is 16.4. The monoisotopic (exact) mass is 291 g/mol. The molecule has 0 aliphatic rings. The molecule has 0 fully saturated rings. The molecule has 0 aliphatic carbocycles. The summed E-state index contributed by atoms with van der Waals surface area (Å²) in [4.78, 5) is 0. The van der Waals surface area contributed by atoms with E-state index in [1.54, 1.807) is 13.2 Å². The van der Waals surface area contributed by atoms with E-state index < -0.39 is 0 Å². The molecule has 6 heteroatoms. The van der Waals surface area contributed by atoms with Crippen molar-refractivity contribution in [3.63, 3.8) is 0 Å². The average Bonchev–Trinajstić information content (AvgIpc) is 2.30. The Balaban J connectivity index is 3.38. The zero-order valence-electron chi connectivity index (χ0n) is 9.33. The van der Waals surface area contributed by atoms with Crippen LogP contribution in [0.3, 0.4) is 0 Å². The van der Waals surface area contributed by atoms with Gasteiger partial charge in [0, 0.05) is 10.0 Å². The summed E-state index contributed by atoms with van der Waals surface area (Å²) in [5.74, 6) is 1.58. The molecule has 90 valence electrons. The molecular weight excluding hydrogens is 278 g/mol. The van der Waals surface area contributed by atoms with Crippen molar-refractivity contribution in [2.45, 2.75) is 6.54 Å². The number of benzene rings is 1. The molecule has 0 unspecified atom stereocenters. The van der Waals surface area contributed by atoms with Gasteiger partial charge in [0.1, 0.15) is 0 Å². The molecule has 0 atom stereocenters. The van der Waals surface area contributed by atoms with Crippen molar-refractivity contribution in [3.8, 4) is 17.2 Å². The highest BCUT2D eigenvalue weighted by molar-refractivity contribution is 9.10. The highest BCUT2D eigenvalue weighted by Gasteiger charge is 2.18. The number of halogens is 1. The molecule has 0 heterocycles. The number of ether oxygens (including phenoxy) is 3. The van der Waals surface area contributed by atoms with Crippen LogP contribution in [0.2, 0.25) is 0 Å². The Kier molecular flexibility index (Phi) is 4.85. The fourth-order valence-electron chi connectivity index (χ4n) is 1.43. The molecule has 16 heavy (non-hydrogen) atoms. The number of hydrogen-bond donors (Lipinski definition) is 2. The van der Waals surface area contributed by atoms with Crippen LogP contribution in [0.15, 0.2) is 10.5 Å². The highest BCUT2D eigenvalue weighted by Crippen LogP contribution is 2.43. The van der Waals surface area contributed by atoms with Gasteiger partial charge in [0.25, 0.3) is 0 Å². The highest BCUT2D eigenvalue weighted by atomic mass is 79.9. The maximum Gasteiger partial charge on any atom is 0.203 e. The van der Waals surface area contributed by atoms with Crippen molar-refractivity contribution in [2.24, 2.45) is 0 Å². The lowest BCUT2D eigenvalue weighted by molar-refractivity contribution is 0.159. The van der Waals surface area contributed by atoms with Crippen LogP contribution in [-0.2, 0) is 6.54 Å². The second-order valence-electron chi connectivity index (χ2n) is 2.94. The van der Waals surface area contributed by atoms with Gasteiger partial charge in [0.2, 0.25) is 5.75 Å². The maximum absolute atomic E-state index is 8.76. The quantitative estimate of drug-likeness (QED) is 0.812. The van der Waals surface area contributed by atoms with Gasteiger partial charge >= 0.3 is 0 Å². The first-order valence-electron chi connectivity index (χ1n) is 4.53. The van der Waals surface area contributed by atoms with E-state index in [1.807, 2.05) is 0 Å². The third-order valence-corrected chi connectivity index (χ3v) is 2.84. The summed E-state index contributed by atoms with van der Waals surface area (Å²) in [7, 11) is 4.61. The van der Waals surface area contributed by atoms with E-state index in [-0.39, 0.29) is 6.54 Å². The van der Waals surface area contributed by atoms with Gasteiger partial charge in [-0.15, -0.1) is 0 Å². The van der Waals surface area contributed by atoms with Crippen molar-refractivity contribution >= 4 is 15.9 Å². The summed E-state index contributed by atoms with van der Waals surface area (Å²) in [5, 5.41) is 8.76.